The van der Waals surface area contributed by atoms with Crippen molar-refractivity contribution >= 4 is 11.9 Å². The number of aromatic nitrogens is 1. The summed E-state index contributed by atoms with van der Waals surface area (Å²) in [5.41, 5.74) is 0.252. The van der Waals surface area contributed by atoms with E-state index in [-0.39, 0.29) is 29.3 Å². The third-order valence-corrected chi connectivity index (χ3v) is 3.29. The minimum Gasteiger partial charge on any atom is -0.461 e. The lowest BCUT2D eigenvalue weighted by Crippen LogP contribution is -2.24. The predicted molar refractivity (Wildman–Crippen MR) is 88.3 cm³/mol. The highest BCUT2D eigenvalue weighted by atomic mass is 16.5. The molecule has 0 radical (unpaired) electrons. The average Bonchev–Trinajstić information content (AvgIpc) is 2.52. The molecule has 0 amide bonds. The monoisotopic (exact) mass is 321 g/mol. The SMILES string of the molecule is CCCC(OC(=O)c1cccc(C(=O)OCC(C)C)n1)C(C)C. The molecule has 5 nitrogen and oxygen atoms in total. The van der Waals surface area contributed by atoms with Crippen molar-refractivity contribution in [1.82, 2.24) is 4.98 Å². The lowest BCUT2D eigenvalue weighted by atomic mass is 10.0. The van der Waals surface area contributed by atoms with Crippen LogP contribution in [0.25, 0.3) is 0 Å². The molecule has 0 aromatic carbocycles. The first-order chi connectivity index (χ1) is 10.8. The van der Waals surface area contributed by atoms with Crippen LogP contribution in [0.1, 0.15) is 68.4 Å². The maximum absolute atomic E-state index is 12.2. The number of hydrogen-bond acceptors (Lipinski definition) is 5. The summed E-state index contributed by atoms with van der Waals surface area (Å²) in [6.45, 7) is 10.3. The largest absolute Gasteiger partial charge is 0.461 e. The lowest BCUT2D eigenvalue weighted by molar-refractivity contribution is 0.0150. The Hall–Kier alpha value is -1.91. The zero-order chi connectivity index (χ0) is 17.4. The summed E-state index contributed by atoms with van der Waals surface area (Å²) in [6, 6.07) is 4.69. The molecular formula is C18H27NO4. The van der Waals surface area contributed by atoms with Crippen molar-refractivity contribution in [3.8, 4) is 0 Å². The first-order valence-electron chi connectivity index (χ1n) is 8.20. The quantitative estimate of drug-likeness (QED) is 0.680. The van der Waals surface area contributed by atoms with Crippen LogP contribution in [-0.4, -0.2) is 29.6 Å². The summed E-state index contributed by atoms with van der Waals surface area (Å²) in [5.74, 6) is -0.552. The van der Waals surface area contributed by atoms with Crippen molar-refractivity contribution in [3.63, 3.8) is 0 Å². The summed E-state index contributed by atoms with van der Waals surface area (Å²) in [6.07, 6.45) is 1.59. The minimum absolute atomic E-state index is 0.122. The third kappa shape index (κ3) is 6.38. The molecule has 1 rings (SSSR count). The molecule has 0 fully saturated rings. The summed E-state index contributed by atoms with van der Waals surface area (Å²) >= 11 is 0. The lowest BCUT2D eigenvalue weighted by Gasteiger charge is -2.20. The van der Waals surface area contributed by atoms with Crippen LogP contribution >= 0.6 is 0 Å². The highest BCUT2D eigenvalue weighted by Crippen LogP contribution is 2.15. The van der Waals surface area contributed by atoms with Crippen LogP contribution in [0.15, 0.2) is 18.2 Å². The van der Waals surface area contributed by atoms with Crippen molar-refractivity contribution in [2.45, 2.75) is 53.6 Å². The molecule has 0 aliphatic rings. The number of rotatable bonds is 8. The maximum Gasteiger partial charge on any atom is 0.357 e. The molecule has 5 heteroatoms. The Morgan fingerprint density at radius 1 is 1.09 bits per heavy atom. The molecular weight excluding hydrogens is 294 g/mol. The molecule has 0 spiro atoms. The molecule has 1 unspecified atom stereocenters. The Kier molecular flexibility index (Phi) is 7.72. The van der Waals surface area contributed by atoms with Gasteiger partial charge in [-0.2, -0.15) is 0 Å². The Morgan fingerprint density at radius 3 is 2.22 bits per heavy atom. The number of carbonyl (C=O) groups excluding carboxylic acids is 2. The number of nitrogens with zero attached hydrogens (tertiary/aromatic N) is 1. The Balaban J connectivity index is 2.78. The molecule has 0 aliphatic carbocycles. The van der Waals surface area contributed by atoms with Gasteiger partial charge in [-0.1, -0.05) is 47.1 Å². The number of carbonyl (C=O) groups is 2. The van der Waals surface area contributed by atoms with E-state index >= 15 is 0 Å². The van der Waals surface area contributed by atoms with Crippen LogP contribution in [-0.2, 0) is 9.47 Å². The Morgan fingerprint density at radius 2 is 1.70 bits per heavy atom. The summed E-state index contributed by atoms with van der Waals surface area (Å²) in [5, 5.41) is 0. The Bertz CT molecular complexity index is 526. The van der Waals surface area contributed by atoms with Crippen LogP contribution in [0, 0.1) is 11.8 Å². The molecule has 0 saturated heterocycles. The van der Waals surface area contributed by atoms with E-state index in [1.54, 1.807) is 12.1 Å². The molecule has 0 N–H and O–H groups in total. The van der Waals surface area contributed by atoms with Crippen molar-refractivity contribution in [1.29, 1.82) is 0 Å². The van der Waals surface area contributed by atoms with E-state index in [2.05, 4.69) is 4.98 Å². The van der Waals surface area contributed by atoms with Gasteiger partial charge in [0.25, 0.3) is 0 Å². The van der Waals surface area contributed by atoms with Gasteiger partial charge >= 0.3 is 11.9 Å². The molecule has 0 bridgehead atoms. The van der Waals surface area contributed by atoms with E-state index in [0.717, 1.165) is 12.8 Å². The van der Waals surface area contributed by atoms with Crippen LogP contribution in [0.2, 0.25) is 0 Å². The summed E-state index contributed by atoms with van der Waals surface area (Å²) < 4.78 is 10.6. The zero-order valence-electron chi connectivity index (χ0n) is 14.7. The van der Waals surface area contributed by atoms with Crippen LogP contribution in [0.4, 0.5) is 0 Å². The smallest absolute Gasteiger partial charge is 0.357 e. The minimum atomic E-state index is -0.526. The maximum atomic E-state index is 12.2. The van der Waals surface area contributed by atoms with Gasteiger partial charge in [0, 0.05) is 0 Å². The van der Waals surface area contributed by atoms with Gasteiger partial charge in [-0.25, -0.2) is 14.6 Å². The van der Waals surface area contributed by atoms with E-state index < -0.39 is 11.9 Å². The topological polar surface area (TPSA) is 65.5 Å². The summed E-state index contributed by atoms with van der Waals surface area (Å²) in [7, 11) is 0. The highest BCUT2D eigenvalue weighted by molar-refractivity contribution is 5.91. The first-order valence-corrected chi connectivity index (χ1v) is 8.20. The predicted octanol–water partition coefficient (Wildman–Crippen LogP) is 3.88. The van der Waals surface area contributed by atoms with Crippen molar-refractivity contribution in [2.24, 2.45) is 11.8 Å². The molecule has 0 saturated carbocycles. The number of pyridine rings is 1. The van der Waals surface area contributed by atoms with Gasteiger partial charge < -0.3 is 9.47 Å². The zero-order valence-corrected chi connectivity index (χ0v) is 14.7. The molecule has 0 aliphatic heterocycles. The second kappa shape index (κ2) is 9.28. The molecule has 1 aromatic heterocycles. The third-order valence-electron chi connectivity index (χ3n) is 3.29. The normalized spacial score (nSPS) is 12.3. The van der Waals surface area contributed by atoms with Gasteiger partial charge in [0.15, 0.2) is 0 Å². The molecule has 1 atom stereocenters. The Labute approximate surface area is 138 Å². The molecule has 1 heterocycles. The van der Waals surface area contributed by atoms with Crippen LogP contribution in [0.3, 0.4) is 0 Å². The summed E-state index contributed by atoms with van der Waals surface area (Å²) in [4.78, 5) is 28.2. The number of ether oxygens (including phenoxy) is 2. The molecule has 128 valence electrons. The van der Waals surface area contributed by atoms with Gasteiger partial charge in [0.05, 0.1) is 6.61 Å². The first kappa shape index (κ1) is 19.1. The fourth-order valence-electron chi connectivity index (χ4n) is 1.99. The number of esters is 2. The molecule has 23 heavy (non-hydrogen) atoms. The second-order valence-electron chi connectivity index (χ2n) is 6.38. The van der Waals surface area contributed by atoms with E-state index in [1.165, 1.54) is 6.07 Å². The standard InChI is InChI=1S/C18H27NO4/c1-6-8-16(13(4)5)23-18(21)15-10-7-9-14(19-15)17(20)22-11-12(2)3/h7,9-10,12-13,16H,6,8,11H2,1-5H3. The van der Waals surface area contributed by atoms with E-state index in [1.807, 2.05) is 34.6 Å². The van der Waals surface area contributed by atoms with Crippen molar-refractivity contribution in [2.75, 3.05) is 6.61 Å². The van der Waals surface area contributed by atoms with Gasteiger partial charge in [0.2, 0.25) is 0 Å². The van der Waals surface area contributed by atoms with Gasteiger partial charge in [-0.05, 0) is 30.4 Å². The van der Waals surface area contributed by atoms with E-state index in [4.69, 9.17) is 9.47 Å². The van der Waals surface area contributed by atoms with Gasteiger partial charge in [-0.15, -0.1) is 0 Å². The van der Waals surface area contributed by atoms with E-state index in [9.17, 15) is 9.59 Å². The van der Waals surface area contributed by atoms with Gasteiger partial charge in [0.1, 0.15) is 17.5 Å². The average molecular weight is 321 g/mol. The fourth-order valence-corrected chi connectivity index (χ4v) is 1.99. The highest BCUT2D eigenvalue weighted by Gasteiger charge is 2.20. The fraction of sp³-hybridized carbons (Fsp3) is 0.611. The second-order valence-corrected chi connectivity index (χ2v) is 6.38. The van der Waals surface area contributed by atoms with Crippen molar-refractivity contribution in [3.05, 3.63) is 29.6 Å². The van der Waals surface area contributed by atoms with Crippen LogP contribution in [0.5, 0.6) is 0 Å². The van der Waals surface area contributed by atoms with Gasteiger partial charge in [-0.3, -0.25) is 0 Å². The van der Waals surface area contributed by atoms with Crippen LogP contribution < -0.4 is 0 Å². The number of hydrogen-bond donors (Lipinski definition) is 0. The van der Waals surface area contributed by atoms with E-state index in [0.29, 0.717) is 6.61 Å². The molecule has 1 aromatic rings. The van der Waals surface area contributed by atoms with Crippen molar-refractivity contribution < 1.29 is 19.1 Å².